The van der Waals surface area contributed by atoms with E-state index in [9.17, 15) is 14.4 Å². The molecule has 1 heterocycles. The fourth-order valence-electron chi connectivity index (χ4n) is 2.18. The highest BCUT2D eigenvalue weighted by Gasteiger charge is 2.17. The van der Waals surface area contributed by atoms with Crippen LogP contribution in [0.15, 0.2) is 29.4 Å². The average Bonchev–Trinajstić information content (AvgIpc) is 3.14. The summed E-state index contributed by atoms with van der Waals surface area (Å²) in [4.78, 5) is 35.8. The molecule has 0 saturated carbocycles. The van der Waals surface area contributed by atoms with Gasteiger partial charge in [0.05, 0.1) is 6.21 Å². The smallest absolute Gasteiger partial charge is 0.329 e. The lowest BCUT2D eigenvalue weighted by molar-refractivity contribution is -0.138. The van der Waals surface area contributed by atoms with E-state index >= 15 is 0 Å². The summed E-state index contributed by atoms with van der Waals surface area (Å²) >= 11 is 0. The first-order valence-electron chi connectivity index (χ1n) is 7.66. The van der Waals surface area contributed by atoms with E-state index in [-0.39, 0.29) is 12.5 Å². The minimum Gasteiger partial charge on any atom is -0.484 e. The van der Waals surface area contributed by atoms with Gasteiger partial charge in [-0.05, 0) is 42.7 Å². The number of nitrogens with one attached hydrogen (secondary N) is 2. The van der Waals surface area contributed by atoms with Crippen molar-refractivity contribution < 1.29 is 19.1 Å². The largest absolute Gasteiger partial charge is 0.484 e. The van der Waals surface area contributed by atoms with E-state index in [4.69, 9.17) is 4.74 Å². The van der Waals surface area contributed by atoms with Crippen LogP contribution in [0.5, 0.6) is 5.75 Å². The number of nitrogens with zero attached hydrogens (tertiary/aromatic N) is 2. The van der Waals surface area contributed by atoms with Gasteiger partial charge >= 0.3 is 11.8 Å². The molecule has 0 atom stereocenters. The molecule has 8 heteroatoms. The molecule has 128 valence electrons. The molecule has 1 saturated heterocycles. The van der Waals surface area contributed by atoms with Gasteiger partial charge in [0, 0.05) is 20.1 Å². The maximum atomic E-state index is 11.9. The lowest BCUT2D eigenvalue weighted by Gasteiger charge is -2.15. The van der Waals surface area contributed by atoms with E-state index < -0.39 is 11.8 Å². The zero-order valence-corrected chi connectivity index (χ0v) is 13.4. The molecule has 1 aromatic rings. The number of likely N-dealkylation sites (N-methyl/N-ethyl adjacent to an activating group) is 1. The van der Waals surface area contributed by atoms with Gasteiger partial charge in [0.25, 0.3) is 5.91 Å². The van der Waals surface area contributed by atoms with Gasteiger partial charge in [-0.15, -0.1) is 0 Å². The number of hydrogen-bond acceptors (Lipinski definition) is 5. The summed E-state index contributed by atoms with van der Waals surface area (Å²) in [6, 6.07) is 6.87. The second-order valence-corrected chi connectivity index (χ2v) is 5.22. The molecule has 2 N–H and O–H groups in total. The Morgan fingerprint density at radius 3 is 2.46 bits per heavy atom. The number of ether oxygens (including phenoxy) is 1. The van der Waals surface area contributed by atoms with Crippen LogP contribution in [0.25, 0.3) is 0 Å². The van der Waals surface area contributed by atoms with Crippen molar-refractivity contribution >= 4 is 23.9 Å². The second-order valence-electron chi connectivity index (χ2n) is 5.22. The normalized spacial score (nSPS) is 13.8. The second kappa shape index (κ2) is 8.66. The summed E-state index contributed by atoms with van der Waals surface area (Å²) in [6.07, 6.45) is 3.51. The van der Waals surface area contributed by atoms with Crippen LogP contribution >= 0.6 is 0 Å². The Hall–Kier alpha value is -2.90. The zero-order valence-electron chi connectivity index (χ0n) is 13.4. The third kappa shape index (κ3) is 5.08. The van der Waals surface area contributed by atoms with Gasteiger partial charge in [-0.3, -0.25) is 14.4 Å². The molecule has 0 radical (unpaired) electrons. The van der Waals surface area contributed by atoms with Crippen molar-refractivity contribution in [3.8, 4) is 5.75 Å². The van der Waals surface area contributed by atoms with Crippen LogP contribution in [-0.4, -0.2) is 55.6 Å². The first kappa shape index (κ1) is 17.5. The van der Waals surface area contributed by atoms with Gasteiger partial charge < -0.3 is 15.0 Å². The van der Waals surface area contributed by atoms with E-state index in [2.05, 4.69) is 15.8 Å². The Labute approximate surface area is 139 Å². The molecule has 24 heavy (non-hydrogen) atoms. The molecule has 0 bridgehead atoms. The SMILES string of the molecule is CNC(=O)C(=O)N/N=C\c1ccc(OCC(=O)N2CCCC2)cc1. The molecule has 2 rings (SSSR count). The summed E-state index contributed by atoms with van der Waals surface area (Å²) in [5.74, 6) is -1.03. The number of carbonyl (C=O) groups is 3. The third-order valence-electron chi connectivity index (χ3n) is 3.51. The molecule has 1 fully saturated rings. The minimum atomic E-state index is -0.839. The van der Waals surface area contributed by atoms with Crippen LogP contribution in [0.2, 0.25) is 0 Å². The Bertz CT molecular complexity index is 621. The first-order chi connectivity index (χ1) is 11.6. The highest BCUT2D eigenvalue weighted by Crippen LogP contribution is 2.12. The van der Waals surface area contributed by atoms with Gasteiger partial charge in [0.1, 0.15) is 5.75 Å². The van der Waals surface area contributed by atoms with Crippen LogP contribution in [0.3, 0.4) is 0 Å². The van der Waals surface area contributed by atoms with Crippen LogP contribution in [0.1, 0.15) is 18.4 Å². The molecule has 0 spiro atoms. The van der Waals surface area contributed by atoms with Gasteiger partial charge in [-0.1, -0.05) is 0 Å². The molecule has 1 aromatic carbocycles. The lowest BCUT2D eigenvalue weighted by atomic mass is 10.2. The highest BCUT2D eigenvalue weighted by atomic mass is 16.5. The molecule has 0 unspecified atom stereocenters. The molecule has 8 nitrogen and oxygen atoms in total. The van der Waals surface area contributed by atoms with Crippen LogP contribution < -0.4 is 15.5 Å². The molecular formula is C16H20N4O4. The minimum absolute atomic E-state index is 0.00458. The number of likely N-dealkylation sites (tertiary alicyclic amines) is 1. The molecule has 1 aliphatic heterocycles. The van der Waals surface area contributed by atoms with Crippen LogP contribution in [0, 0.1) is 0 Å². The summed E-state index contributed by atoms with van der Waals surface area (Å²) in [6.45, 7) is 1.63. The number of hydrazone groups is 1. The molecule has 3 amide bonds. The van der Waals surface area contributed by atoms with Crippen molar-refractivity contribution in [2.75, 3.05) is 26.7 Å². The van der Waals surface area contributed by atoms with Crippen molar-refractivity contribution in [1.29, 1.82) is 0 Å². The molecule has 1 aliphatic rings. The number of rotatable bonds is 5. The van der Waals surface area contributed by atoms with Gasteiger partial charge in [0.15, 0.2) is 6.61 Å². The average molecular weight is 332 g/mol. The van der Waals surface area contributed by atoms with Crippen molar-refractivity contribution in [1.82, 2.24) is 15.6 Å². The number of hydrogen-bond donors (Lipinski definition) is 2. The van der Waals surface area contributed by atoms with Crippen LogP contribution in [-0.2, 0) is 14.4 Å². The van der Waals surface area contributed by atoms with E-state index in [0.29, 0.717) is 11.3 Å². The Kier molecular flexibility index (Phi) is 6.30. The maximum Gasteiger partial charge on any atom is 0.329 e. The number of carbonyl (C=O) groups excluding carboxylic acids is 3. The van der Waals surface area contributed by atoms with E-state index in [1.807, 2.05) is 0 Å². The summed E-state index contributed by atoms with van der Waals surface area (Å²) < 4.78 is 5.47. The number of benzene rings is 1. The van der Waals surface area contributed by atoms with E-state index in [1.165, 1.54) is 13.3 Å². The topological polar surface area (TPSA) is 100 Å². The predicted octanol–water partition coefficient (Wildman–Crippen LogP) is -0.116. The van der Waals surface area contributed by atoms with Crippen molar-refractivity contribution in [3.63, 3.8) is 0 Å². The Morgan fingerprint density at radius 1 is 1.17 bits per heavy atom. The maximum absolute atomic E-state index is 11.9. The fraction of sp³-hybridized carbons (Fsp3) is 0.375. The molecule has 0 aliphatic carbocycles. The van der Waals surface area contributed by atoms with Gasteiger partial charge in [-0.25, -0.2) is 5.43 Å². The lowest BCUT2D eigenvalue weighted by Crippen LogP contribution is -2.35. The Balaban J connectivity index is 1.78. The first-order valence-corrected chi connectivity index (χ1v) is 7.66. The quantitative estimate of drug-likeness (QED) is 0.446. The predicted molar refractivity (Wildman–Crippen MR) is 87.6 cm³/mol. The standard InChI is InChI=1S/C16H20N4O4/c1-17-15(22)16(23)19-18-10-12-4-6-13(7-5-12)24-11-14(21)20-8-2-3-9-20/h4-7,10H,2-3,8-9,11H2,1H3,(H,17,22)(H,19,23)/b18-10-. The third-order valence-corrected chi connectivity index (χ3v) is 3.51. The van der Waals surface area contributed by atoms with Crippen LogP contribution in [0.4, 0.5) is 0 Å². The van der Waals surface area contributed by atoms with Crippen molar-refractivity contribution in [3.05, 3.63) is 29.8 Å². The van der Waals surface area contributed by atoms with E-state index in [0.717, 1.165) is 25.9 Å². The molecule has 0 aromatic heterocycles. The monoisotopic (exact) mass is 332 g/mol. The number of amides is 3. The molecular weight excluding hydrogens is 312 g/mol. The summed E-state index contributed by atoms with van der Waals surface area (Å²) in [7, 11) is 1.36. The summed E-state index contributed by atoms with van der Waals surface area (Å²) in [5, 5.41) is 5.87. The van der Waals surface area contributed by atoms with Crippen molar-refractivity contribution in [2.45, 2.75) is 12.8 Å². The zero-order chi connectivity index (χ0) is 17.4. The van der Waals surface area contributed by atoms with E-state index in [1.54, 1.807) is 29.2 Å². The summed E-state index contributed by atoms with van der Waals surface area (Å²) in [5.41, 5.74) is 2.82. The van der Waals surface area contributed by atoms with Gasteiger partial charge in [-0.2, -0.15) is 5.10 Å². The van der Waals surface area contributed by atoms with Gasteiger partial charge in [0.2, 0.25) is 0 Å². The Morgan fingerprint density at radius 2 is 1.83 bits per heavy atom. The van der Waals surface area contributed by atoms with Crippen molar-refractivity contribution in [2.24, 2.45) is 5.10 Å². The fourth-order valence-corrected chi connectivity index (χ4v) is 2.18. The highest BCUT2D eigenvalue weighted by molar-refractivity contribution is 6.34.